The fourth-order valence-corrected chi connectivity index (χ4v) is 3.35. The van der Waals surface area contributed by atoms with Gasteiger partial charge in [0.25, 0.3) is 5.91 Å². The number of nitrogens with zero attached hydrogens (tertiary/aromatic N) is 4. The van der Waals surface area contributed by atoms with Gasteiger partial charge in [0.15, 0.2) is 17.7 Å². The molecule has 1 unspecified atom stereocenters. The van der Waals surface area contributed by atoms with E-state index in [1.807, 2.05) is 6.07 Å². The highest BCUT2D eigenvalue weighted by Gasteiger charge is 2.26. The highest BCUT2D eigenvalue weighted by atomic mass is 19.1. The maximum atomic E-state index is 13.6. The molecule has 0 spiro atoms. The molecular formula is C23H22FN5O4. The second-order valence-corrected chi connectivity index (χ2v) is 7.41. The Morgan fingerprint density at radius 2 is 2.12 bits per heavy atom. The lowest BCUT2D eigenvalue weighted by atomic mass is 10.0. The second kappa shape index (κ2) is 9.70. The van der Waals surface area contributed by atoms with Crippen LogP contribution < -0.4 is 10.1 Å². The van der Waals surface area contributed by atoms with Crippen LogP contribution in [0.15, 0.2) is 47.8 Å². The Bertz CT molecular complexity index is 1200. The van der Waals surface area contributed by atoms with Gasteiger partial charge in [0.05, 0.1) is 25.1 Å². The number of aromatic nitrogens is 3. The number of amides is 1. The minimum atomic E-state index is -0.471. The Labute approximate surface area is 189 Å². The number of benzene rings is 1. The summed E-state index contributed by atoms with van der Waals surface area (Å²) in [5, 5.41) is 16.0. The third-order valence-corrected chi connectivity index (χ3v) is 5.09. The number of oxime groups is 1. The number of aryl methyl sites for hydroxylation is 1. The van der Waals surface area contributed by atoms with Crippen molar-refractivity contribution in [3.8, 4) is 5.75 Å². The van der Waals surface area contributed by atoms with E-state index >= 15 is 0 Å². The fourth-order valence-electron chi connectivity index (χ4n) is 3.35. The van der Waals surface area contributed by atoms with E-state index in [0.717, 1.165) is 5.56 Å². The summed E-state index contributed by atoms with van der Waals surface area (Å²) in [6.45, 7) is 1.74. The summed E-state index contributed by atoms with van der Waals surface area (Å²) in [7, 11) is 1.38. The average Bonchev–Trinajstić information content (AvgIpc) is 3.33. The van der Waals surface area contributed by atoms with Gasteiger partial charge in [-0.25, -0.2) is 14.4 Å². The summed E-state index contributed by atoms with van der Waals surface area (Å²) < 4.78 is 18.5. The Kier molecular flexibility index (Phi) is 6.55. The summed E-state index contributed by atoms with van der Waals surface area (Å²) in [4.78, 5) is 31.0. The summed E-state index contributed by atoms with van der Waals surface area (Å²) in [6.07, 6.45) is 1.76. The van der Waals surface area contributed by atoms with Gasteiger partial charge in [0, 0.05) is 24.7 Å². The van der Waals surface area contributed by atoms with Crippen molar-refractivity contribution in [2.24, 2.45) is 5.16 Å². The number of methoxy groups -OCH3 is 1. The van der Waals surface area contributed by atoms with Gasteiger partial charge < -0.3 is 20.0 Å². The first-order chi connectivity index (χ1) is 16.0. The molecule has 10 heteroatoms. The van der Waals surface area contributed by atoms with E-state index in [9.17, 15) is 9.18 Å². The van der Waals surface area contributed by atoms with Crippen molar-refractivity contribution in [2.75, 3.05) is 7.11 Å². The molecule has 2 aromatic heterocycles. The van der Waals surface area contributed by atoms with E-state index in [2.05, 4.69) is 25.4 Å². The smallest absolute Gasteiger partial charge is 0.270 e. The molecule has 0 saturated carbocycles. The maximum Gasteiger partial charge on any atom is 0.270 e. The first-order valence-corrected chi connectivity index (χ1v) is 10.2. The Morgan fingerprint density at radius 1 is 1.27 bits per heavy atom. The second-order valence-electron chi connectivity index (χ2n) is 7.41. The zero-order valence-corrected chi connectivity index (χ0v) is 18.1. The van der Waals surface area contributed by atoms with Gasteiger partial charge in [0.1, 0.15) is 17.2 Å². The number of aliphatic hydroxyl groups is 1. The summed E-state index contributed by atoms with van der Waals surface area (Å²) in [6, 6.07) is 9.50. The normalized spacial score (nSPS) is 15.0. The van der Waals surface area contributed by atoms with Gasteiger partial charge in [0.2, 0.25) is 0 Å². The van der Waals surface area contributed by atoms with Gasteiger partial charge in [-0.05, 0) is 36.8 Å². The molecule has 0 fully saturated rings. The molecule has 1 aliphatic heterocycles. The molecule has 1 aliphatic rings. The van der Waals surface area contributed by atoms with E-state index in [1.165, 1.54) is 19.2 Å². The number of hydrogen-bond donors (Lipinski definition) is 2. The van der Waals surface area contributed by atoms with Gasteiger partial charge in [-0.3, -0.25) is 9.78 Å². The highest BCUT2D eigenvalue weighted by Crippen LogP contribution is 2.29. The van der Waals surface area contributed by atoms with Crippen molar-refractivity contribution >= 4 is 11.6 Å². The van der Waals surface area contributed by atoms with Crippen LogP contribution in [0.5, 0.6) is 5.75 Å². The number of carbonyl (C=O) groups excluding carboxylic acids is 1. The maximum absolute atomic E-state index is 13.6. The summed E-state index contributed by atoms with van der Waals surface area (Å²) in [5.41, 5.74) is 3.35. The number of aliphatic hydroxyl groups excluding tert-OH is 1. The lowest BCUT2D eigenvalue weighted by Gasteiger charge is -2.09. The minimum Gasteiger partial charge on any atom is -0.494 e. The molecule has 0 aliphatic carbocycles. The molecule has 3 aromatic rings. The van der Waals surface area contributed by atoms with E-state index in [4.69, 9.17) is 14.7 Å². The first kappa shape index (κ1) is 22.3. The molecule has 1 amide bonds. The molecule has 2 N–H and O–H groups in total. The number of halogens is 1. The molecule has 170 valence electrons. The van der Waals surface area contributed by atoms with Gasteiger partial charge in [-0.2, -0.15) is 0 Å². The number of hydrogen-bond acceptors (Lipinski definition) is 8. The SMILES string of the molecule is COc1cc(CNC(=O)c2cc(C3=NOC(c4ccc(CO)nc4)C3)nc(C)n2)ccc1F. The molecule has 9 nitrogen and oxygen atoms in total. The molecule has 1 atom stereocenters. The van der Waals surface area contributed by atoms with Gasteiger partial charge in [-0.1, -0.05) is 17.3 Å². The molecule has 0 saturated heterocycles. The van der Waals surface area contributed by atoms with Crippen LogP contribution in [0.25, 0.3) is 0 Å². The van der Waals surface area contributed by atoms with Crippen LogP contribution in [0.3, 0.4) is 0 Å². The van der Waals surface area contributed by atoms with Crippen LogP contribution >= 0.6 is 0 Å². The summed E-state index contributed by atoms with van der Waals surface area (Å²) in [5.74, 6) is -0.343. The number of nitrogens with one attached hydrogen (secondary N) is 1. The number of rotatable bonds is 7. The van der Waals surface area contributed by atoms with E-state index in [-0.39, 0.29) is 30.7 Å². The minimum absolute atomic E-state index is 0.108. The molecule has 0 radical (unpaired) electrons. The lowest BCUT2D eigenvalue weighted by Crippen LogP contribution is -2.25. The number of ether oxygens (including phenoxy) is 1. The van der Waals surface area contributed by atoms with Crippen LogP contribution in [-0.4, -0.2) is 38.8 Å². The van der Waals surface area contributed by atoms with E-state index in [0.29, 0.717) is 34.9 Å². The predicted octanol–water partition coefficient (Wildman–Crippen LogP) is 2.62. The van der Waals surface area contributed by atoms with Crippen molar-refractivity contribution in [3.63, 3.8) is 0 Å². The Hall–Kier alpha value is -3.92. The molecule has 4 rings (SSSR count). The Balaban J connectivity index is 1.44. The van der Waals surface area contributed by atoms with Crippen molar-refractivity contribution in [3.05, 3.63) is 82.4 Å². The largest absolute Gasteiger partial charge is 0.494 e. The van der Waals surface area contributed by atoms with Gasteiger partial charge >= 0.3 is 0 Å². The topological polar surface area (TPSA) is 119 Å². The fraction of sp³-hybridized carbons (Fsp3) is 0.261. The van der Waals surface area contributed by atoms with Crippen LogP contribution in [0.2, 0.25) is 0 Å². The number of carbonyl (C=O) groups is 1. The van der Waals surface area contributed by atoms with Gasteiger partial charge in [-0.15, -0.1) is 0 Å². The van der Waals surface area contributed by atoms with Crippen molar-refractivity contribution in [2.45, 2.75) is 32.6 Å². The molecular weight excluding hydrogens is 429 g/mol. The predicted molar refractivity (Wildman–Crippen MR) is 116 cm³/mol. The van der Waals surface area contributed by atoms with E-state index < -0.39 is 11.7 Å². The van der Waals surface area contributed by atoms with Crippen LogP contribution in [0.4, 0.5) is 4.39 Å². The van der Waals surface area contributed by atoms with Crippen LogP contribution in [0, 0.1) is 12.7 Å². The highest BCUT2D eigenvalue weighted by molar-refractivity contribution is 6.02. The monoisotopic (exact) mass is 451 g/mol. The van der Waals surface area contributed by atoms with Crippen molar-refractivity contribution in [1.82, 2.24) is 20.3 Å². The zero-order valence-electron chi connectivity index (χ0n) is 18.1. The standard InChI is InChI=1S/C23H22FN5O4/c1-13-27-18(19-9-21(33-29-19)15-4-5-16(12-30)25-11-15)8-20(28-13)23(31)26-10-14-3-6-17(24)22(7-14)32-2/h3-8,11,21,30H,9-10,12H2,1-2H3,(H,26,31). The van der Waals surface area contributed by atoms with Crippen molar-refractivity contribution in [1.29, 1.82) is 0 Å². The zero-order chi connectivity index (χ0) is 23.4. The molecule has 0 bridgehead atoms. The molecule has 3 heterocycles. The van der Waals surface area contributed by atoms with E-state index in [1.54, 1.807) is 31.3 Å². The third-order valence-electron chi connectivity index (χ3n) is 5.09. The summed E-state index contributed by atoms with van der Waals surface area (Å²) >= 11 is 0. The third kappa shape index (κ3) is 5.12. The quantitative estimate of drug-likeness (QED) is 0.567. The van der Waals surface area contributed by atoms with Crippen molar-refractivity contribution < 1.29 is 23.9 Å². The first-order valence-electron chi connectivity index (χ1n) is 10.2. The number of pyridine rings is 1. The Morgan fingerprint density at radius 3 is 2.85 bits per heavy atom. The average molecular weight is 451 g/mol. The molecule has 33 heavy (non-hydrogen) atoms. The van der Waals surface area contributed by atoms with Crippen LogP contribution in [0.1, 0.15) is 51.4 Å². The molecule has 1 aromatic carbocycles. The van der Waals surface area contributed by atoms with Crippen LogP contribution in [-0.2, 0) is 18.0 Å². The lowest BCUT2D eigenvalue weighted by molar-refractivity contribution is 0.0854.